The van der Waals surface area contributed by atoms with Gasteiger partial charge in [0.2, 0.25) is 0 Å². The molecule has 0 nitrogen and oxygen atoms in total. The van der Waals surface area contributed by atoms with E-state index in [1.807, 2.05) is 0 Å². The fraction of sp³-hybridized carbons (Fsp3) is 0.250. The number of rotatable bonds is 0. The van der Waals surface area contributed by atoms with E-state index < -0.39 is 8.07 Å². The molecule has 0 unspecified atom stereocenters. The van der Waals surface area contributed by atoms with Gasteiger partial charge in [-0.25, -0.2) is 0 Å². The maximum absolute atomic E-state index is 2.55. The van der Waals surface area contributed by atoms with Crippen molar-refractivity contribution >= 4 is 40.0 Å². The molecule has 1 heterocycles. The van der Waals surface area contributed by atoms with Crippen LogP contribution >= 0.6 is 0 Å². The second kappa shape index (κ2) is 8.23. The Morgan fingerprint density at radius 3 is 1.50 bits per heavy atom. The molecule has 0 amide bonds. The molecule has 0 aliphatic carbocycles. The van der Waals surface area contributed by atoms with E-state index in [1.165, 1.54) is 45.5 Å². The Labute approximate surface area is 200 Å². The van der Waals surface area contributed by atoms with Crippen LogP contribution in [0.5, 0.6) is 0 Å². The van der Waals surface area contributed by atoms with E-state index in [0.29, 0.717) is 0 Å². The largest absolute Gasteiger partial charge is 4.00 e. The average molecular weight is 503 g/mol. The van der Waals surface area contributed by atoms with E-state index >= 15 is 0 Å². The Balaban J connectivity index is 0.000000934. The van der Waals surface area contributed by atoms with Crippen LogP contribution in [-0.2, 0) is 39.0 Å². The van der Waals surface area contributed by atoms with Gasteiger partial charge >= 0.3 is 26.2 Å². The zero-order valence-electron chi connectivity index (χ0n) is 16.8. The molecule has 0 aromatic heterocycles. The number of fused-ring (bicyclic) bond motifs is 6. The molecule has 4 heteroatoms. The van der Waals surface area contributed by atoms with Crippen molar-refractivity contribution < 1.29 is 51.0 Å². The van der Waals surface area contributed by atoms with Crippen molar-refractivity contribution in [1.29, 1.82) is 0 Å². The van der Waals surface area contributed by atoms with Crippen LogP contribution in [0.15, 0.2) is 48.5 Å². The summed E-state index contributed by atoms with van der Waals surface area (Å²) in [5, 5.41) is 9.29. The summed E-state index contributed by atoms with van der Waals surface area (Å²) in [6.07, 6.45) is 2.36. The zero-order chi connectivity index (χ0) is 17.3. The standard InChI is InChI=1S/C24H24Si.2ClH.Zr/c1-15-7-5-9-17-19-11-12-20-18-10-6-8-16(2)22(18)14-24(20)25(3,4)23(19)13-21(15)17;;;/h5-10,13-14H,11-12H2,1-4H3;2*1H;/q-2;;;+4/p-2. The first-order valence-electron chi connectivity index (χ1n) is 9.35. The van der Waals surface area contributed by atoms with Crippen LogP contribution in [0.3, 0.4) is 0 Å². The summed E-state index contributed by atoms with van der Waals surface area (Å²) in [6.45, 7) is 9.61. The number of hydrogen-bond donors (Lipinski definition) is 0. The number of hydrogen-bond acceptors (Lipinski definition) is 0. The van der Waals surface area contributed by atoms with Crippen molar-refractivity contribution in [3.8, 4) is 0 Å². The maximum Gasteiger partial charge on any atom is 4.00 e. The molecular weight excluding hydrogens is 478 g/mol. The molecule has 0 radical (unpaired) electrons. The number of halogens is 2. The normalized spacial score (nSPS) is 14.3. The Bertz CT molecular complexity index is 1060. The van der Waals surface area contributed by atoms with Crippen LogP contribution < -0.4 is 35.2 Å². The monoisotopic (exact) mass is 500 g/mol. The van der Waals surface area contributed by atoms with Crippen molar-refractivity contribution in [2.45, 2.75) is 39.8 Å². The molecule has 1 aliphatic rings. The molecule has 142 valence electrons. The van der Waals surface area contributed by atoms with Crippen LogP contribution in [-0.4, -0.2) is 8.07 Å². The SMILES string of the molecule is Cc1cccc2c1cc1[c-]2CC[c-]2c(cc3c(C)cccc32)[Si]1(C)C.[Cl-].[Cl-].[Zr+4]. The van der Waals surface area contributed by atoms with Crippen LogP contribution in [0, 0.1) is 13.8 Å². The second-order valence-electron chi connectivity index (χ2n) is 8.27. The smallest absolute Gasteiger partial charge is 1.00 e. The van der Waals surface area contributed by atoms with Crippen molar-refractivity contribution in [2.75, 3.05) is 0 Å². The summed E-state index contributed by atoms with van der Waals surface area (Å²) in [5.41, 5.74) is 6.10. The third-order valence-corrected chi connectivity index (χ3v) is 10.1. The van der Waals surface area contributed by atoms with E-state index in [2.05, 4.69) is 75.5 Å². The van der Waals surface area contributed by atoms with Crippen molar-refractivity contribution in [1.82, 2.24) is 0 Å². The Kier molecular flexibility index (Phi) is 6.94. The summed E-state index contributed by atoms with van der Waals surface area (Å²) in [7, 11) is -1.69. The van der Waals surface area contributed by atoms with Gasteiger partial charge in [-0.05, 0) is 13.8 Å². The molecule has 5 rings (SSSR count). The Hall–Kier alpha value is -0.660. The van der Waals surface area contributed by atoms with Gasteiger partial charge in [-0.15, -0.1) is 67.3 Å². The predicted molar refractivity (Wildman–Crippen MR) is 113 cm³/mol. The molecule has 0 N–H and O–H groups in total. The third kappa shape index (κ3) is 3.21. The summed E-state index contributed by atoms with van der Waals surface area (Å²) in [5.74, 6) is 0. The zero-order valence-corrected chi connectivity index (χ0v) is 21.8. The minimum Gasteiger partial charge on any atom is -1.00 e. The molecule has 0 atom stereocenters. The predicted octanol–water partition coefficient (Wildman–Crippen LogP) is -1.03. The quantitative estimate of drug-likeness (QED) is 0.213. The van der Waals surface area contributed by atoms with Crippen LogP contribution in [0.25, 0.3) is 21.5 Å². The van der Waals surface area contributed by atoms with Gasteiger partial charge in [0, 0.05) is 0 Å². The van der Waals surface area contributed by atoms with Gasteiger partial charge in [-0.3, -0.25) is 0 Å². The molecular formula is C24H24Cl2SiZr. The molecule has 0 saturated heterocycles. The Morgan fingerprint density at radius 1 is 0.714 bits per heavy atom. The molecule has 1 aliphatic heterocycles. The summed E-state index contributed by atoms with van der Waals surface area (Å²) >= 11 is 0. The molecule has 0 saturated carbocycles. The van der Waals surface area contributed by atoms with Crippen LogP contribution in [0.2, 0.25) is 13.1 Å². The molecule has 0 fully saturated rings. The van der Waals surface area contributed by atoms with Crippen molar-refractivity contribution in [3.63, 3.8) is 0 Å². The number of benzene rings is 2. The van der Waals surface area contributed by atoms with Crippen LogP contribution in [0.4, 0.5) is 0 Å². The third-order valence-electron chi connectivity index (χ3n) is 6.50. The number of aryl methyl sites for hydroxylation is 4. The van der Waals surface area contributed by atoms with Crippen molar-refractivity contribution in [2.24, 2.45) is 0 Å². The fourth-order valence-corrected chi connectivity index (χ4v) is 8.40. The Morgan fingerprint density at radius 2 is 1.11 bits per heavy atom. The summed E-state index contributed by atoms with van der Waals surface area (Å²) < 4.78 is 0. The molecule has 4 aromatic rings. The maximum atomic E-state index is 2.55. The van der Waals surface area contributed by atoms with Gasteiger partial charge in [-0.2, -0.15) is 12.1 Å². The van der Waals surface area contributed by atoms with E-state index in [1.54, 1.807) is 21.5 Å². The van der Waals surface area contributed by atoms with Gasteiger partial charge in [0.15, 0.2) is 0 Å². The first-order valence-corrected chi connectivity index (χ1v) is 12.3. The van der Waals surface area contributed by atoms with Crippen LogP contribution in [0.1, 0.15) is 22.3 Å². The topological polar surface area (TPSA) is 0 Å². The molecule has 0 bridgehead atoms. The molecule has 28 heavy (non-hydrogen) atoms. The average Bonchev–Trinajstić information content (AvgIpc) is 3.11. The van der Waals surface area contributed by atoms with Gasteiger partial charge in [0.25, 0.3) is 0 Å². The fourth-order valence-electron chi connectivity index (χ4n) is 5.07. The van der Waals surface area contributed by atoms with E-state index in [0.717, 1.165) is 0 Å². The minimum atomic E-state index is -1.69. The van der Waals surface area contributed by atoms with Gasteiger partial charge in [0.05, 0.1) is 8.07 Å². The summed E-state index contributed by atoms with van der Waals surface area (Å²) in [4.78, 5) is 0. The van der Waals surface area contributed by atoms with Gasteiger partial charge in [0.1, 0.15) is 0 Å². The van der Waals surface area contributed by atoms with Gasteiger partial charge < -0.3 is 24.8 Å². The molecule has 0 spiro atoms. The summed E-state index contributed by atoms with van der Waals surface area (Å²) in [6, 6.07) is 18.7. The second-order valence-corrected chi connectivity index (χ2v) is 12.6. The van der Waals surface area contributed by atoms with Gasteiger partial charge in [-0.1, -0.05) is 49.2 Å². The van der Waals surface area contributed by atoms with Crippen molar-refractivity contribution in [3.05, 3.63) is 70.8 Å². The van der Waals surface area contributed by atoms with E-state index in [-0.39, 0.29) is 51.0 Å². The first-order chi connectivity index (χ1) is 12.0. The first kappa shape index (κ1) is 23.6. The molecule has 4 aromatic carbocycles. The minimum absolute atomic E-state index is 0. The van der Waals surface area contributed by atoms with E-state index in [9.17, 15) is 0 Å². The van der Waals surface area contributed by atoms with E-state index in [4.69, 9.17) is 0 Å².